The van der Waals surface area contributed by atoms with Crippen molar-refractivity contribution >= 4 is 0 Å². The van der Waals surface area contributed by atoms with Gasteiger partial charge in [-0.2, -0.15) is 5.10 Å². The molecule has 0 aromatic carbocycles. The predicted molar refractivity (Wildman–Crippen MR) is 74.7 cm³/mol. The second kappa shape index (κ2) is 7.54. The predicted octanol–water partition coefficient (Wildman–Crippen LogP) is 2.28. The summed E-state index contributed by atoms with van der Waals surface area (Å²) in [5.41, 5.74) is 3.70. The fourth-order valence-electron chi connectivity index (χ4n) is 1.99. The number of nitrogens with zero attached hydrogens (tertiary/aromatic N) is 2. The standard InChI is InChI=1S/C14H27N3O/c1-6-18-8-7-17-13(5)14(12(4)16-17)10-15-9-11(2)3/h11,15H,6-10H2,1-5H3. The maximum atomic E-state index is 5.38. The lowest BCUT2D eigenvalue weighted by atomic mass is 10.2. The monoisotopic (exact) mass is 253 g/mol. The van der Waals surface area contributed by atoms with E-state index in [1.165, 1.54) is 11.3 Å². The van der Waals surface area contributed by atoms with E-state index < -0.39 is 0 Å². The quantitative estimate of drug-likeness (QED) is 0.722. The van der Waals surface area contributed by atoms with Crippen LogP contribution in [0.25, 0.3) is 0 Å². The van der Waals surface area contributed by atoms with Gasteiger partial charge in [0.05, 0.1) is 18.8 Å². The smallest absolute Gasteiger partial charge is 0.0662 e. The number of aromatic nitrogens is 2. The molecule has 18 heavy (non-hydrogen) atoms. The van der Waals surface area contributed by atoms with Gasteiger partial charge in [0.2, 0.25) is 0 Å². The van der Waals surface area contributed by atoms with Crippen molar-refractivity contribution in [3.8, 4) is 0 Å². The Morgan fingerprint density at radius 3 is 2.67 bits per heavy atom. The number of nitrogens with one attached hydrogen (secondary N) is 1. The summed E-state index contributed by atoms with van der Waals surface area (Å²) in [6.07, 6.45) is 0. The van der Waals surface area contributed by atoms with E-state index in [4.69, 9.17) is 4.74 Å². The third-order valence-electron chi connectivity index (χ3n) is 3.04. The van der Waals surface area contributed by atoms with Crippen LogP contribution >= 0.6 is 0 Å². The highest BCUT2D eigenvalue weighted by Gasteiger charge is 2.10. The van der Waals surface area contributed by atoms with Crippen LogP contribution in [0, 0.1) is 19.8 Å². The van der Waals surface area contributed by atoms with E-state index in [1.54, 1.807) is 0 Å². The first-order valence-corrected chi connectivity index (χ1v) is 6.87. The molecule has 0 spiro atoms. The van der Waals surface area contributed by atoms with Crippen LogP contribution in [0.5, 0.6) is 0 Å². The van der Waals surface area contributed by atoms with Crippen molar-refractivity contribution in [1.29, 1.82) is 0 Å². The minimum Gasteiger partial charge on any atom is -0.380 e. The Hall–Kier alpha value is -0.870. The molecule has 0 bridgehead atoms. The van der Waals surface area contributed by atoms with E-state index in [-0.39, 0.29) is 0 Å². The minimum atomic E-state index is 0.679. The van der Waals surface area contributed by atoms with Gasteiger partial charge < -0.3 is 10.1 Å². The van der Waals surface area contributed by atoms with Crippen molar-refractivity contribution in [2.24, 2.45) is 5.92 Å². The number of rotatable bonds is 8. The van der Waals surface area contributed by atoms with Gasteiger partial charge in [-0.3, -0.25) is 4.68 Å². The van der Waals surface area contributed by atoms with Crippen molar-refractivity contribution in [3.05, 3.63) is 17.0 Å². The van der Waals surface area contributed by atoms with E-state index in [2.05, 4.69) is 42.8 Å². The Bertz CT molecular complexity index is 358. The van der Waals surface area contributed by atoms with Crippen LogP contribution in [0.4, 0.5) is 0 Å². The van der Waals surface area contributed by atoms with E-state index in [9.17, 15) is 0 Å². The summed E-state index contributed by atoms with van der Waals surface area (Å²) >= 11 is 0. The molecule has 4 nitrogen and oxygen atoms in total. The molecule has 0 aliphatic heterocycles. The summed E-state index contributed by atoms with van der Waals surface area (Å²) < 4.78 is 7.43. The first-order chi connectivity index (χ1) is 8.56. The molecule has 0 fully saturated rings. The largest absolute Gasteiger partial charge is 0.380 e. The van der Waals surface area contributed by atoms with Crippen LogP contribution in [-0.2, 0) is 17.8 Å². The van der Waals surface area contributed by atoms with Crippen LogP contribution < -0.4 is 5.32 Å². The molecule has 1 aromatic heterocycles. The molecule has 0 atom stereocenters. The lowest BCUT2D eigenvalue weighted by molar-refractivity contribution is 0.135. The van der Waals surface area contributed by atoms with Crippen LogP contribution in [0.1, 0.15) is 37.7 Å². The van der Waals surface area contributed by atoms with E-state index in [0.717, 1.165) is 38.5 Å². The molecular formula is C14H27N3O. The summed E-state index contributed by atoms with van der Waals surface area (Å²) in [6, 6.07) is 0. The molecule has 104 valence electrons. The Kier molecular flexibility index (Phi) is 6.36. The van der Waals surface area contributed by atoms with Crippen molar-refractivity contribution < 1.29 is 4.74 Å². The second-order valence-electron chi connectivity index (χ2n) is 5.09. The zero-order valence-corrected chi connectivity index (χ0v) is 12.4. The van der Waals surface area contributed by atoms with Gasteiger partial charge in [0.15, 0.2) is 0 Å². The molecule has 0 amide bonds. The summed E-state index contributed by atoms with van der Waals surface area (Å²) in [5, 5.41) is 8.06. The second-order valence-corrected chi connectivity index (χ2v) is 5.09. The Morgan fingerprint density at radius 2 is 2.06 bits per heavy atom. The van der Waals surface area contributed by atoms with Crippen molar-refractivity contribution in [3.63, 3.8) is 0 Å². The molecule has 0 aliphatic carbocycles. The molecule has 1 rings (SSSR count). The van der Waals surface area contributed by atoms with Gasteiger partial charge in [0, 0.05) is 24.4 Å². The molecule has 4 heteroatoms. The Labute approximate surface area is 111 Å². The fraction of sp³-hybridized carbons (Fsp3) is 0.786. The van der Waals surface area contributed by atoms with Crippen molar-refractivity contribution in [2.45, 2.75) is 47.7 Å². The zero-order valence-electron chi connectivity index (χ0n) is 12.4. The Balaban J connectivity index is 2.57. The zero-order chi connectivity index (χ0) is 13.5. The van der Waals surface area contributed by atoms with Gasteiger partial charge in [-0.1, -0.05) is 13.8 Å². The summed E-state index contributed by atoms with van der Waals surface area (Å²) in [7, 11) is 0. The molecule has 1 N–H and O–H groups in total. The molecule has 0 aliphatic rings. The molecule has 0 radical (unpaired) electrons. The number of ether oxygens (including phenoxy) is 1. The van der Waals surface area contributed by atoms with E-state index in [1.807, 2.05) is 6.92 Å². The highest BCUT2D eigenvalue weighted by Crippen LogP contribution is 2.12. The number of hydrogen-bond acceptors (Lipinski definition) is 3. The molecular weight excluding hydrogens is 226 g/mol. The van der Waals surface area contributed by atoms with Gasteiger partial charge in [-0.15, -0.1) is 0 Å². The van der Waals surface area contributed by atoms with E-state index in [0.29, 0.717) is 5.92 Å². The number of aryl methyl sites for hydroxylation is 1. The lowest BCUT2D eigenvalue weighted by Gasteiger charge is -2.08. The highest BCUT2D eigenvalue weighted by molar-refractivity contribution is 5.24. The lowest BCUT2D eigenvalue weighted by Crippen LogP contribution is -2.19. The van der Waals surface area contributed by atoms with Crippen LogP contribution in [0.15, 0.2) is 0 Å². The third kappa shape index (κ3) is 4.42. The molecule has 0 saturated heterocycles. The van der Waals surface area contributed by atoms with Crippen molar-refractivity contribution in [1.82, 2.24) is 15.1 Å². The normalized spacial score (nSPS) is 11.4. The van der Waals surface area contributed by atoms with Crippen molar-refractivity contribution in [2.75, 3.05) is 19.8 Å². The van der Waals surface area contributed by atoms with Gasteiger partial charge in [0.1, 0.15) is 0 Å². The first kappa shape index (κ1) is 15.2. The summed E-state index contributed by atoms with van der Waals surface area (Å²) in [5.74, 6) is 0.679. The van der Waals surface area contributed by atoms with E-state index >= 15 is 0 Å². The summed E-state index contributed by atoms with van der Waals surface area (Å²) in [6.45, 7) is 15.0. The molecule has 1 aromatic rings. The average Bonchev–Trinajstić information content (AvgIpc) is 2.56. The molecule has 1 heterocycles. The van der Waals surface area contributed by atoms with Gasteiger partial charge in [0.25, 0.3) is 0 Å². The highest BCUT2D eigenvalue weighted by atomic mass is 16.5. The topological polar surface area (TPSA) is 39.1 Å². The minimum absolute atomic E-state index is 0.679. The third-order valence-corrected chi connectivity index (χ3v) is 3.04. The molecule has 0 saturated carbocycles. The van der Waals surface area contributed by atoms with Gasteiger partial charge in [-0.05, 0) is 33.2 Å². The van der Waals surface area contributed by atoms with Gasteiger partial charge >= 0.3 is 0 Å². The SMILES string of the molecule is CCOCCn1nc(C)c(CNCC(C)C)c1C. The summed E-state index contributed by atoms with van der Waals surface area (Å²) in [4.78, 5) is 0. The maximum Gasteiger partial charge on any atom is 0.0662 e. The molecule has 0 unspecified atom stereocenters. The first-order valence-electron chi connectivity index (χ1n) is 6.87. The fourth-order valence-corrected chi connectivity index (χ4v) is 1.99. The van der Waals surface area contributed by atoms with Crippen LogP contribution in [0.2, 0.25) is 0 Å². The average molecular weight is 253 g/mol. The van der Waals surface area contributed by atoms with Gasteiger partial charge in [-0.25, -0.2) is 0 Å². The number of hydrogen-bond donors (Lipinski definition) is 1. The maximum absolute atomic E-state index is 5.38. The Morgan fingerprint density at radius 1 is 1.33 bits per heavy atom. The van der Waals surface area contributed by atoms with Crippen LogP contribution in [-0.4, -0.2) is 29.5 Å². The van der Waals surface area contributed by atoms with Crippen LogP contribution in [0.3, 0.4) is 0 Å².